The molecule has 1 unspecified atom stereocenters. The molecule has 0 radical (unpaired) electrons. The minimum Gasteiger partial charge on any atom is -0.391 e. The average molecular weight is 212 g/mol. The number of carbonyl (C=O) groups excluding carboxylic acids is 1. The number of rotatable bonds is 4. The number of amides is 1. The van der Waals surface area contributed by atoms with Crippen LogP contribution in [0.2, 0.25) is 0 Å². The predicted octanol–water partition coefficient (Wildman–Crippen LogP) is 0.644. The monoisotopic (exact) mass is 212 g/mol. The van der Waals surface area contributed by atoms with Crippen LogP contribution in [0, 0.1) is 5.92 Å². The molecule has 0 bridgehead atoms. The number of aromatic nitrogens is 1. The summed E-state index contributed by atoms with van der Waals surface area (Å²) >= 11 is 1.30. The maximum atomic E-state index is 11.4. The van der Waals surface area contributed by atoms with E-state index >= 15 is 0 Å². The Morgan fingerprint density at radius 1 is 1.79 bits per heavy atom. The first kappa shape index (κ1) is 9.61. The van der Waals surface area contributed by atoms with Crippen molar-refractivity contribution in [3.63, 3.8) is 0 Å². The van der Waals surface area contributed by atoms with Crippen molar-refractivity contribution in [2.24, 2.45) is 5.92 Å². The third kappa shape index (κ3) is 2.30. The highest BCUT2D eigenvalue weighted by molar-refractivity contribution is 7.11. The van der Waals surface area contributed by atoms with Gasteiger partial charge in [0.15, 0.2) is 0 Å². The molecule has 1 aromatic rings. The molecule has 5 heteroatoms. The van der Waals surface area contributed by atoms with Gasteiger partial charge in [0.1, 0.15) is 4.88 Å². The van der Waals surface area contributed by atoms with Gasteiger partial charge in [-0.2, -0.15) is 0 Å². The number of hydrogen-bond donors (Lipinski definition) is 2. The van der Waals surface area contributed by atoms with Crippen LogP contribution in [0.1, 0.15) is 22.5 Å². The summed E-state index contributed by atoms with van der Waals surface area (Å²) in [7, 11) is 0. The molecule has 0 aliphatic heterocycles. The third-order valence-electron chi connectivity index (χ3n) is 2.29. The van der Waals surface area contributed by atoms with Crippen LogP contribution < -0.4 is 5.32 Å². The van der Waals surface area contributed by atoms with Crippen molar-refractivity contribution < 1.29 is 9.90 Å². The van der Waals surface area contributed by atoms with E-state index in [2.05, 4.69) is 10.3 Å². The van der Waals surface area contributed by atoms with Crippen LogP contribution >= 0.6 is 11.3 Å². The molecule has 4 nitrogen and oxygen atoms in total. The summed E-state index contributed by atoms with van der Waals surface area (Å²) in [6, 6.07) is 0. The van der Waals surface area contributed by atoms with Gasteiger partial charge in [0.25, 0.3) is 5.91 Å². The molecule has 1 heterocycles. The third-order valence-corrected chi connectivity index (χ3v) is 3.07. The Morgan fingerprint density at radius 3 is 3.14 bits per heavy atom. The van der Waals surface area contributed by atoms with E-state index in [9.17, 15) is 9.90 Å². The van der Waals surface area contributed by atoms with Crippen molar-refractivity contribution in [1.29, 1.82) is 0 Å². The van der Waals surface area contributed by atoms with E-state index in [-0.39, 0.29) is 12.0 Å². The van der Waals surface area contributed by atoms with Gasteiger partial charge in [-0.25, -0.2) is 0 Å². The van der Waals surface area contributed by atoms with Gasteiger partial charge in [-0.3, -0.25) is 9.78 Å². The summed E-state index contributed by atoms with van der Waals surface area (Å²) in [6.07, 6.45) is 3.31. The van der Waals surface area contributed by atoms with Gasteiger partial charge in [0.05, 0.1) is 17.8 Å². The number of nitrogens with one attached hydrogen (secondary N) is 1. The zero-order valence-corrected chi connectivity index (χ0v) is 8.46. The average Bonchev–Trinajstić information content (AvgIpc) is 2.90. The summed E-state index contributed by atoms with van der Waals surface area (Å²) in [5.41, 5.74) is 1.62. The first-order chi connectivity index (χ1) is 6.77. The lowest BCUT2D eigenvalue weighted by molar-refractivity contribution is 0.0905. The molecule has 1 saturated carbocycles. The highest BCUT2D eigenvalue weighted by Crippen LogP contribution is 2.32. The minimum atomic E-state index is -0.383. The smallest absolute Gasteiger partial charge is 0.263 e. The fourth-order valence-electron chi connectivity index (χ4n) is 1.26. The zero-order valence-electron chi connectivity index (χ0n) is 7.64. The standard InChI is InChI=1S/C9H12N2O2S/c12-7(6-1-2-6)3-11-9(13)8-4-10-5-14-8/h4-7,12H,1-3H2,(H,11,13). The van der Waals surface area contributed by atoms with Gasteiger partial charge < -0.3 is 10.4 Å². The fraction of sp³-hybridized carbons (Fsp3) is 0.556. The van der Waals surface area contributed by atoms with Crippen molar-refractivity contribution >= 4 is 17.2 Å². The highest BCUT2D eigenvalue weighted by Gasteiger charge is 2.29. The van der Waals surface area contributed by atoms with Crippen LogP contribution in [0.25, 0.3) is 0 Å². The Balaban J connectivity index is 1.77. The van der Waals surface area contributed by atoms with Gasteiger partial charge in [-0.15, -0.1) is 11.3 Å². The zero-order chi connectivity index (χ0) is 9.97. The molecule has 1 amide bonds. The molecule has 1 aromatic heterocycles. The van der Waals surface area contributed by atoms with E-state index in [0.717, 1.165) is 12.8 Å². The Hall–Kier alpha value is -0.940. The van der Waals surface area contributed by atoms with Gasteiger partial charge in [-0.1, -0.05) is 0 Å². The molecule has 14 heavy (non-hydrogen) atoms. The first-order valence-electron chi connectivity index (χ1n) is 4.62. The van der Waals surface area contributed by atoms with Crippen LogP contribution in [0.3, 0.4) is 0 Å². The molecule has 76 valence electrons. The number of aliphatic hydroxyl groups is 1. The lowest BCUT2D eigenvalue weighted by atomic mass is 10.2. The quantitative estimate of drug-likeness (QED) is 0.770. The van der Waals surface area contributed by atoms with Crippen LogP contribution in [0.4, 0.5) is 0 Å². The number of carbonyl (C=O) groups is 1. The van der Waals surface area contributed by atoms with Gasteiger partial charge in [0, 0.05) is 6.54 Å². The molecule has 1 atom stereocenters. The minimum absolute atomic E-state index is 0.146. The molecule has 0 spiro atoms. The van der Waals surface area contributed by atoms with Gasteiger partial charge in [-0.05, 0) is 18.8 Å². The van der Waals surface area contributed by atoms with Gasteiger partial charge >= 0.3 is 0 Å². The maximum Gasteiger partial charge on any atom is 0.263 e. The Bertz CT molecular complexity index is 309. The molecule has 1 aliphatic rings. The summed E-state index contributed by atoms with van der Waals surface area (Å²) < 4.78 is 0. The van der Waals surface area contributed by atoms with Crippen molar-refractivity contribution in [3.05, 3.63) is 16.6 Å². The predicted molar refractivity (Wildman–Crippen MR) is 53.2 cm³/mol. The second-order valence-corrected chi connectivity index (χ2v) is 4.37. The van der Waals surface area contributed by atoms with Crippen molar-refractivity contribution in [2.45, 2.75) is 18.9 Å². The summed E-state index contributed by atoms with van der Waals surface area (Å²) in [5, 5.41) is 12.2. The highest BCUT2D eigenvalue weighted by atomic mass is 32.1. The van der Waals surface area contributed by atoms with Crippen LogP contribution in [0.15, 0.2) is 11.7 Å². The number of hydrogen-bond acceptors (Lipinski definition) is 4. The lowest BCUT2D eigenvalue weighted by Crippen LogP contribution is -2.32. The molecular formula is C9H12N2O2S. The van der Waals surface area contributed by atoms with Crippen molar-refractivity contribution in [3.8, 4) is 0 Å². The Morgan fingerprint density at radius 2 is 2.57 bits per heavy atom. The summed E-state index contributed by atoms with van der Waals surface area (Å²) in [6.45, 7) is 0.349. The molecule has 0 saturated heterocycles. The lowest BCUT2D eigenvalue weighted by Gasteiger charge is -2.09. The first-order valence-corrected chi connectivity index (χ1v) is 5.50. The van der Waals surface area contributed by atoms with E-state index in [1.54, 1.807) is 5.51 Å². The molecule has 2 rings (SSSR count). The SMILES string of the molecule is O=C(NCC(O)C1CC1)c1cncs1. The normalized spacial score (nSPS) is 17.8. The van der Waals surface area contributed by atoms with E-state index in [1.807, 2.05) is 0 Å². The van der Waals surface area contributed by atoms with Crippen molar-refractivity contribution in [1.82, 2.24) is 10.3 Å². The Kier molecular flexibility index (Phi) is 2.79. The number of thiazole rings is 1. The van der Waals surface area contributed by atoms with Crippen LogP contribution in [-0.2, 0) is 0 Å². The maximum absolute atomic E-state index is 11.4. The van der Waals surface area contributed by atoms with Gasteiger partial charge in [0.2, 0.25) is 0 Å². The van der Waals surface area contributed by atoms with E-state index < -0.39 is 0 Å². The number of nitrogens with zero attached hydrogens (tertiary/aromatic N) is 1. The fourth-order valence-corrected chi connectivity index (χ4v) is 1.80. The second-order valence-electron chi connectivity index (χ2n) is 3.48. The molecule has 1 aliphatic carbocycles. The van der Waals surface area contributed by atoms with E-state index in [4.69, 9.17) is 0 Å². The number of aliphatic hydroxyl groups excluding tert-OH is 1. The van der Waals surface area contributed by atoms with E-state index in [1.165, 1.54) is 17.5 Å². The Labute approximate surface area is 86.0 Å². The molecule has 2 N–H and O–H groups in total. The van der Waals surface area contributed by atoms with Crippen molar-refractivity contribution in [2.75, 3.05) is 6.54 Å². The molecular weight excluding hydrogens is 200 g/mol. The van der Waals surface area contributed by atoms with Crippen LogP contribution in [-0.4, -0.2) is 28.6 Å². The molecule has 1 fully saturated rings. The van der Waals surface area contributed by atoms with E-state index in [0.29, 0.717) is 17.3 Å². The van der Waals surface area contributed by atoms with Crippen LogP contribution in [0.5, 0.6) is 0 Å². The summed E-state index contributed by atoms with van der Waals surface area (Å²) in [4.78, 5) is 15.8. The topological polar surface area (TPSA) is 62.2 Å². The largest absolute Gasteiger partial charge is 0.391 e. The second kappa shape index (κ2) is 4.06. The summed E-state index contributed by atoms with van der Waals surface area (Å²) in [5.74, 6) is 0.254. The molecule has 0 aromatic carbocycles.